The average molecular weight is 347 g/mol. The molecule has 25 heavy (non-hydrogen) atoms. The standard InChI is InChI=1S/C18H25N3O4/c1-13(22)17(18(25)19-11-15-7-4-3-5-8-15)21-12-20(14(2)23)10-6-9-16(21)24/h3-5,7-8,13,17,22H,6,9-12H2,1-2H3,(H,19,25). The lowest BCUT2D eigenvalue weighted by molar-refractivity contribution is -0.148. The number of rotatable bonds is 5. The van der Waals surface area contributed by atoms with Crippen molar-refractivity contribution in [1.82, 2.24) is 15.1 Å². The van der Waals surface area contributed by atoms with Crippen molar-refractivity contribution in [3.05, 3.63) is 35.9 Å². The number of nitrogens with zero attached hydrogens (tertiary/aromatic N) is 2. The van der Waals surface area contributed by atoms with Crippen molar-refractivity contribution >= 4 is 17.7 Å². The predicted molar refractivity (Wildman–Crippen MR) is 92.1 cm³/mol. The van der Waals surface area contributed by atoms with Crippen LogP contribution in [0.15, 0.2) is 30.3 Å². The Morgan fingerprint density at radius 1 is 1.28 bits per heavy atom. The summed E-state index contributed by atoms with van der Waals surface area (Å²) in [7, 11) is 0. The maximum atomic E-state index is 12.6. The van der Waals surface area contributed by atoms with E-state index < -0.39 is 18.1 Å². The Kier molecular flexibility index (Phi) is 6.52. The summed E-state index contributed by atoms with van der Waals surface area (Å²) in [4.78, 5) is 39.6. The number of nitrogens with one attached hydrogen (secondary N) is 1. The molecule has 7 heteroatoms. The molecule has 1 aliphatic heterocycles. The quantitative estimate of drug-likeness (QED) is 0.811. The molecule has 2 N–H and O–H groups in total. The fourth-order valence-electron chi connectivity index (χ4n) is 2.91. The number of aliphatic hydroxyl groups is 1. The number of benzene rings is 1. The first-order chi connectivity index (χ1) is 11.9. The zero-order chi connectivity index (χ0) is 18.4. The lowest BCUT2D eigenvalue weighted by Crippen LogP contribution is -2.57. The van der Waals surface area contributed by atoms with Gasteiger partial charge in [-0.2, -0.15) is 0 Å². The van der Waals surface area contributed by atoms with E-state index in [4.69, 9.17) is 0 Å². The third-order valence-electron chi connectivity index (χ3n) is 4.28. The summed E-state index contributed by atoms with van der Waals surface area (Å²) in [5.74, 6) is -0.823. The highest BCUT2D eigenvalue weighted by molar-refractivity contribution is 5.88. The van der Waals surface area contributed by atoms with Gasteiger partial charge in [-0.15, -0.1) is 0 Å². The van der Waals surface area contributed by atoms with Crippen LogP contribution in [0.5, 0.6) is 0 Å². The zero-order valence-electron chi connectivity index (χ0n) is 14.6. The second kappa shape index (κ2) is 8.62. The van der Waals surface area contributed by atoms with Crippen LogP contribution in [-0.4, -0.2) is 58.0 Å². The van der Waals surface area contributed by atoms with Crippen molar-refractivity contribution in [3.63, 3.8) is 0 Å². The third-order valence-corrected chi connectivity index (χ3v) is 4.28. The van der Waals surface area contributed by atoms with E-state index in [1.54, 1.807) is 0 Å². The molecule has 1 aromatic carbocycles. The second-order valence-electron chi connectivity index (χ2n) is 6.28. The molecule has 2 rings (SSSR count). The van der Waals surface area contributed by atoms with Crippen molar-refractivity contribution in [1.29, 1.82) is 0 Å². The molecule has 1 heterocycles. The summed E-state index contributed by atoms with van der Waals surface area (Å²) in [5.41, 5.74) is 0.924. The first kappa shape index (κ1) is 18.9. The molecule has 1 aromatic rings. The lowest BCUT2D eigenvalue weighted by atomic mass is 10.1. The van der Waals surface area contributed by atoms with Crippen LogP contribution >= 0.6 is 0 Å². The van der Waals surface area contributed by atoms with Crippen LogP contribution in [0.2, 0.25) is 0 Å². The largest absolute Gasteiger partial charge is 0.391 e. The normalized spacial score (nSPS) is 17.6. The van der Waals surface area contributed by atoms with Crippen LogP contribution < -0.4 is 5.32 Å². The van der Waals surface area contributed by atoms with Gasteiger partial charge in [0.05, 0.1) is 12.8 Å². The highest BCUT2D eigenvalue weighted by atomic mass is 16.3. The van der Waals surface area contributed by atoms with E-state index in [9.17, 15) is 19.5 Å². The molecule has 0 saturated carbocycles. The van der Waals surface area contributed by atoms with Gasteiger partial charge >= 0.3 is 0 Å². The maximum absolute atomic E-state index is 12.6. The summed E-state index contributed by atoms with van der Waals surface area (Å²) >= 11 is 0. The van der Waals surface area contributed by atoms with E-state index in [1.807, 2.05) is 30.3 Å². The van der Waals surface area contributed by atoms with Gasteiger partial charge in [0.1, 0.15) is 6.04 Å². The molecule has 1 aliphatic rings. The van der Waals surface area contributed by atoms with E-state index in [0.717, 1.165) is 5.56 Å². The molecule has 7 nitrogen and oxygen atoms in total. The van der Waals surface area contributed by atoms with E-state index in [0.29, 0.717) is 19.5 Å². The Hall–Kier alpha value is -2.41. The zero-order valence-corrected chi connectivity index (χ0v) is 14.6. The molecule has 136 valence electrons. The Bertz CT molecular complexity index is 618. The first-order valence-corrected chi connectivity index (χ1v) is 8.45. The molecular formula is C18H25N3O4. The second-order valence-corrected chi connectivity index (χ2v) is 6.28. The van der Waals surface area contributed by atoms with Crippen molar-refractivity contribution < 1.29 is 19.5 Å². The van der Waals surface area contributed by atoms with Gasteiger partial charge in [0, 0.05) is 26.4 Å². The molecule has 1 saturated heterocycles. The highest BCUT2D eigenvalue weighted by Gasteiger charge is 2.36. The lowest BCUT2D eigenvalue weighted by Gasteiger charge is -2.34. The molecule has 0 radical (unpaired) electrons. The Morgan fingerprint density at radius 3 is 2.56 bits per heavy atom. The highest BCUT2D eigenvalue weighted by Crippen LogP contribution is 2.15. The molecule has 3 amide bonds. The number of carbonyl (C=O) groups excluding carboxylic acids is 3. The van der Waals surface area contributed by atoms with Gasteiger partial charge in [0.25, 0.3) is 0 Å². The molecule has 1 fully saturated rings. The van der Waals surface area contributed by atoms with Crippen molar-refractivity contribution in [2.24, 2.45) is 0 Å². The molecule has 2 atom stereocenters. The topological polar surface area (TPSA) is 90.0 Å². The van der Waals surface area contributed by atoms with Gasteiger partial charge in [0.15, 0.2) is 0 Å². The van der Waals surface area contributed by atoms with Crippen LogP contribution in [0, 0.1) is 0 Å². The van der Waals surface area contributed by atoms with E-state index in [2.05, 4.69) is 5.32 Å². The summed E-state index contributed by atoms with van der Waals surface area (Å²) in [6, 6.07) is 8.36. The van der Waals surface area contributed by atoms with Gasteiger partial charge in [-0.3, -0.25) is 14.4 Å². The third kappa shape index (κ3) is 5.03. The van der Waals surface area contributed by atoms with Crippen molar-refractivity contribution in [3.8, 4) is 0 Å². The fourth-order valence-corrected chi connectivity index (χ4v) is 2.91. The molecule has 0 spiro atoms. The van der Waals surface area contributed by atoms with E-state index >= 15 is 0 Å². The van der Waals surface area contributed by atoms with Crippen LogP contribution in [0.1, 0.15) is 32.3 Å². The molecular weight excluding hydrogens is 322 g/mol. The molecule has 0 aliphatic carbocycles. The van der Waals surface area contributed by atoms with Crippen LogP contribution in [-0.2, 0) is 20.9 Å². The Labute approximate surface area is 147 Å². The van der Waals surface area contributed by atoms with Gasteiger partial charge in [-0.05, 0) is 18.9 Å². The molecule has 0 aromatic heterocycles. The van der Waals surface area contributed by atoms with Crippen LogP contribution in [0.3, 0.4) is 0 Å². The maximum Gasteiger partial charge on any atom is 0.245 e. The Balaban J connectivity index is 2.12. The van der Waals surface area contributed by atoms with Gasteiger partial charge in [0.2, 0.25) is 17.7 Å². The van der Waals surface area contributed by atoms with Crippen molar-refractivity contribution in [2.45, 2.75) is 45.4 Å². The van der Waals surface area contributed by atoms with E-state index in [-0.39, 0.29) is 24.9 Å². The summed E-state index contributed by atoms with van der Waals surface area (Å²) < 4.78 is 0. The Morgan fingerprint density at radius 2 is 1.96 bits per heavy atom. The number of carbonyl (C=O) groups is 3. The predicted octanol–water partition coefficient (Wildman–Crippen LogP) is 0.481. The molecule has 0 bridgehead atoms. The number of hydrogen-bond acceptors (Lipinski definition) is 4. The van der Waals surface area contributed by atoms with E-state index in [1.165, 1.54) is 23.6 Å². The van der Waals surface area contributed by atoms with Gasteiger partial charge in [-0.25, -0.2) is 0 Å². The summed E-state index contributed by atoms with van der Waals surface area (Å²) in [6.07, 6.45) is -0.252. The van der Waals surface area contributed by atoms with Crippen molar-refractivity contribution in [2.75, 3.05) is 13.2 Å². The monoisotopic (exact) mass is 347 g/mol. The minimum atomic E-state index is -1.05. The summed E-state index contributed by atoms with van der Waals surface area (Å²) in [6.45, 7) is 3.70. The fraction of sp³-hybridized carbons (Fsp3) is 0.500. The van der Waals surface area contributed by atoms with Gasteiger partial charge in [-0.1, -0.05) is 30.3 Å². The van der Waals surface area contributed by atoms with Crippen LogP contribution in [0.25, 0.3) is 0 Å². The average Bonchev–Trinajstić information content (AvgIpc) is 2.76. The minimum Gasteiger partial charge on any atom is -0.391 e. The summed E-state index contributed by atoms with van der Waals surface area (Å²) in [5, 5.41) is 12.9. The first-order valence-electron chi connectivity index (χ1n) is 8.45. The number of hydrogen-bond donors (Lipinski definition) is 2. The smallest absolute Gasteiger partial charge is 0.245 e. The number of aliphatic hydroxyl groups excluding tert-OH is 1. The SMILES string of the molecule is CC(=O)N1CCCC(=O)N(C(C(=O)NCc2ccccc2)C(C)O)C1. The minimum absolute atomic E-state index is 0.0164. The van der Waals surface area contributed by atoms with Crippen LogP contribution in [0.4, 0.5) is 0 Å². The molecule has 2 unspecified atom stereocenters. The number of amides is 3. The van der Waals surface area contributed by atoms with Gasteiger partial charge < -0.3 is 20.2 Å².